The number of methoxy groups -OCH3 is 1. The smallest absolute Gasteiger partial charge is 0.152 e. The molecule has 90 valence electrons. The molecule has 0 bridgehead atoms. The molecule has 2 heterocycles. The van der Waals surface area contributed by atoms with Crippen LogP contribution >= 0.6 is 0 Å². The number of rotatable bonds is 5. The second-order valence-electron chi connectivity index (χ2n) is 3.47. The van der Waals surface area contributed by atoms with Crippen molar-refractivity contribution in [3.8, 4) is 5.75 Å². The molecule has 0 unspecified atom stereocenters. The molecule has 0 saturated heterocycles. The Morgan fingerprint density at radius 1 is 1.41 bits per heavy atom. The molecule has 0 fully saturated rings. The van der Waals surface area contributed by atoms with Crippen LogP contribution in [0.2, 0.25) is 0 Å². The molecule has 0 aliphatic carbocycles. The van der Waals surface area contributed by atoms with Gasteiger partial charge in [-0.2, -0.15) is 0 Å². The van der Waals surface area contributed by atoms with Crippen molar-refractivity contribution >= 4 is 5.82 Å². The molecule has 0 atom stereocenters. The van der Waals surface area contributed by atoms with Gasteiger partial charge in [-0.25, -0.2) is 4.98 Å². The molecule has 17 heavy (non-hydrogen) atoms. The Labute approximate surface area is 99.7 Å². The van der Waals surface area contributed by atoms with Crippen LogP contribution in [0.5, 0.6) is 5.75 Å². The summed E-state index contributed by atoms with van der Waals surface area (Å²) in [4.78, 5) is 4.21. The molecule has 2 rings (SSSR count). The van der Waals surface area contributed by atoms with Crippen molar-refractivity contribution in [2.45, 2.75) is 20.0 Å². The SMILES string of the molecule is CCn1cnnc1CNc1ccc(OC)cn1. The largest absolute Gasteiger partial charge is 0.495 e. The Bertz CT molecular complexity index is 465. The summed E-state index contributed by atoms with van der Waals surface area (Å²) in [5.41, 5.74) is 0. The lowest BCUT2D eigenvalue weighted by atomic mass is 10.4. The summed E-state index contributed by atoms with van der Waals surface area (Å²) in [6.07, 6.45) is 3.39. The van der Waals surface area contributed by atoms with E-state index in [-0.39, 0.29) is 0 Å². The minimum atomic E-state index is 0.604. The zero-order valence-electron chi connectivity index (χ0n) is 9.92. The summed E-state index contributed by atoms with van der Waals surface area (Å²) in [7, 11) is 1.62. The molecule has 0 saturated carbocycles. The lowest BCUT2D eigenvalue weighted by Crippen LogP contribution is -2.08. The summed E-state index contributed by atoms with van der Waals surface area (Å²) >= 11 is 0. The molecule has 0 aromatic carbocycles. The third-order valence-corrected chi connectivity index (χ3v) is 2.44. The summed E-state index contributed by atoms with van der Waals surface area (Å²) < 4.78 is 7.02. The van der Waals surface area contributed by atoms with Crippen LogP contribution in [0, 0.1) is 0 Å². The van der Waals surface area contributed by atoms with Crippen LogP contribution in [0.3, 0.4) is 0 Å². The molecule has 6 heteroatoms. The summed E-state index contributed by atoms with van der Waals surface area (Å²) in [6, 6.07) is 3.73. The van der Waals surface area contributed by atoms with Gasteiger partial charge < -0.3 is 14.6 Å². The van der Waals surface area contributed by atoms with Gasteiger partial charge in [-0.15, -0.1) is 10.2 Å². The van der Waals surface area contributed by atoms with E-state index in [1.54, 1.807) is 19.6 Å². The number of ether oxygens (including phenoxy) is 1. The molecule has 2 aromatic rings. The van der Waals surface area contributed by atoms with E-state index in [1.807, 2.05) is 16.7 Å². The molecular formula is C11H15N5O. The summed E-state index contributed by atoms with van der Waals surface area (Å²) in [6.45, 7) is 3.52. The van der Waals surface area contributed by atoms with Crippen molar-refractivity contribution in [2.75, 3.05) is 12.4 Å². The van der Waals surface area contributed by atoms with Gasteiger partial charge in [-0.1, -0.05) is 0 Å². The maximum atomic E-state index is 5.04. The first-order chi connectivity index (χ1) is 8.33. The fourth-order valence-electron chi connectivity index (χ4n) is 1.46. The third-order valence-electron chi connectivity index (χ3n) is 2.44. The Kier molecular flexibility index (Phi) is 3.54. The van der Waals surface area contributed by atoms with Gasteiger partial charge in [-0.05, 0) is 19.1 Å². The predicted octanol–water partition coefficient (Wildman–Crippen LogP) is 1.31. The lowest BCUT2D eigenvalue weighted by Gasteiger charge is -2.06. The highest BCUT2D eigenvalue weighted by Gasteiger charge is 2.02. The molecular weight excluding hydrogens is 218 g/mol. The van der Waals surface area contributed by atoms with E-state index in [1.165, 1.54) is 0 Å². The van der Waals surface area contributed by atoms with Gasteiger partial charge >= 0.3 is 0 Å². The third kappa shape index (κ3) is 2.72. The van der Waals surface area contributed by atoms with E-state index < -0.39 is 0 Å². The number of nitrogens with zero attached hydrogens (tertiary/aromatic N) is 4. The quantitative estimate of drug-likeness (QED) is 0.843. The van der Waals surface area contributed by atoms with Crippen LogP contribution in [0.15, 0.2) is 24.7 Å². The molecule has 1 N–H and O–H groups in total. The van der Waals surface area contributed by atoms with E-state index in [0.29, 0.717) is 6.54 Å². The minimum absolute atomic E-state index is 0.604. The maximum Gasteiger partial charge on any atom is 0.152 e. The van der Waals surface area contributed by atoms with Crippen LogP contribution in [0.25, 0.3) is 0 Å². The van der Waals surface area contributed by atoms with E-state index in [2.05, 4.69) is 27.4 Å². The highest BCUT2D eigenvalue weighted by Crippen LogP contribution is 2.11. The fraction of sp³-hybridized carbons (Fsp3) is 0.364. The Hall–Kier alpha value is -2.11. The monoisotopic (exact) mass is 233 g/mol. The number of anilines is 1. The van der Waals surface area contributed by atoms with E-state index in [0.717, 1.165) is 23.9 Å². The van der Waals surface area contributed by atoms with Gasteiger partial charge in [0.1, 0.15) is 17.9 Å². The van der Waals surface area contributed by atoms with Crippen molar-refractivity contribution in [2.24, 2.45) is 0 Å². The highest BCUT2D eigenvalue weighted by atomic mass is 16.5. The van der Waals surface area contributed by atoms with Gasteiger partial charge in [0.15, 0.2) is 5.82 Å². The molecule has 0 aliphatic heterocycles. The summed E-state index contributed by atoms with van der Waals surface area (Å²) in [5, 5.41) is 11.1. The second-order valence-corrected chi connectivity index (χ2v) is 3.47. The van der Waals surface area contributed by atoms with Gasteiger partial charge in [-0.3, -0.25) is 0 Å². The number of hydrogen-bond acceptors (Lipinski definition) is 5. The van der Waals surface area contributed by atoms with Crippen LogP contribution in [-0.4, -0.2) is 26.9 Å². The number of aryl methyl sites for hydroxylation is 1. The Morgan fingerprint density at radius 3 is 2.94 bits per heavy atom. The number of pyridine rings is 1. The zero-order chi connectivity index (χ0) is 12.1. The second kappa shape index (κ2) is 5.29. The van der Waals surface area contributed by atoms with Crippen LogP contribution in [-0.2, 0) is 13.1 Å². The number of aromatic nitrogens is 4. The molecule has 6 nitrogen and oxygen atoms in total. The minimum Gasteiger partial charge on any atom is -0.495 e. The van der Waals surface area contributed by atoms with Crippen molar-refractivity contribution in [3.63, 3.8) is 0 Å². The number of nitrogens with one attached hydrogen (secondary N) is 1. The van der Waals surface area contributed by atoms with E-state index >= 15 is 0 Å². The highest BCUT2D eigenvalue weighted by molar-refractivity contribution is 5.37. The van der Waals surface area contributed by atoms with E-state index in [9.17, 15) is 0 Å². The average Bonchev–Trinajstić information content (AvgIpc) is 2.84. The van der Waals surface area contributed by atoms with Gasteiger partial charge in [0, 0.05) is 6.54 Å². The first-order valence-corrected chi connectivity index (χ1v) is 5.44. The topological polar surface area (TPSA) is 64.9 Å². The normalized spacial score (nSPS) is 10.2. The van der Waals surface area contributed by atoms with Crippen molar-refractivity contribution < 1.29 is 4.74 Å². The standard InChI is InChI=1S/C11H15N5O/c1-3-16-8-14-15-11(16)7-13-10-5-4-9(17-2)6-12-10/h4-6,8H,3,7H2,1-2H3,(H,12,13). The molecule has 0 radical (unpaired) electrons. The first kappa shape index (κ1) is 11.4. The van der Waals surface area contributed by atoms with Gasteiger partial charge in [0.05, 0.1) is 19.9 Å². The maximum absolute atomic E-state index is 5.04. The number of hydrogen-bond donors (Lipinski definition) is 1. The molecule has 0 aliphatic rings. The van der Waals surface area contributed by atoms with Crippen LogP contribution < -0.4 is 10.1 Å². The predicted molar refractivity (Wildman–Crippen MR) is 63.8 cm³/mol. The zero-order valence-corrected chi connectivity index (χ0v) is 9.92. The average molecular weight is 233 g/mol. The molecule has 0 spiro atoms. The van der Waals surface area contributed by atoms with Crippen molar-refractivity contribution in [3.05, 3.63) is 30.5 Å². The van der Waals surface area contributed by atoms with Crippen molar-refractivity contribution in [1.82, 2.24) is 19.7 Å². The van der Waals surface area contributed by atoms with Crippen LogP contribution in [0.4, 0.5) is 5.82 Å². The van der Waals surface area contributed by atoms with Crippen molar-refractivity contribution in [1.29, 1.82) is 0 Å². The molecule has 0 amide bonds. The first-order valence-electron chi connectivity index (χ1n) is 5.44. The van der Waals surface area contributed by atoms with Crippen LogP contribution in [0.1, 0.15) is 12.7 Å². The fourth-order valence-corrected chi connectivity index (χ4v) is 1.46. The Balaban J connectivity index is 1.97. The molecule has 2 aromatic heterocycles. The van der Waals surface area contributed by atoms with E-state index in [4.69, 9.17) is 4.74 Å². The van der Waals surface area contributed by atoms with Gasteiger partial charge in [0.2, 0.25) is 0 Å². The Morgan fingerprint density at radius 2 is 2.29 bits per heavy atom. The van der Waals surface area contributed by atoms with Gasteiger partial charge in [0.25, 0.3) is 0 Å². The lowest BCUT2D eigenvalue weighted by molar-refractivity contribution is 0.413. The summed E-state index contributed by atoms with van der Waals surface area (Å²) in [5.74, 6) is 2.42.